The first-order valence-electron chi connectivity index (χ1n) is 8.21. The lowest BCUT2D eigenvalue weighted by Crippen LogP contribution is -2.33. The summed E-state index contributed by atoms with van der Waals surface area (Å²) in [6.07, 6.45) is 1.22. The average molecular weight is 400 g/mol. The molecule has 0 saturated heterocycles. The Morgan fingerprint density at radius 2 is 1.64 bits per heavy atom. The minimum Gasteiger partial charge on any atom is -0.465 e. The van der Waals surface area contributed by atoms with Crippen LogP contribution in [-0.2, 0) is 19.6 Å². The third-order valence-electron chi connectivity index (χ3n) is 3.73. The minimum absolute atomic E-state index is 0.0221. The third-order valence-corrected chi connectivity index (χ3v) is 5.31. The molecule has 0 heterocycles. The second-order valence-corrected chi connectivity index (χ2v) is 7.77. The van der Waals surface area contributed by atoms with Crippen LogP contribution in [0.15, 0.2) is 70.7 Å². The molecule has 2 aromatic carbocycles. The molecule has 1 amide bonds. The summed E-state index contributed by atoms with van der Waals surface area (Å²) in [5.41, 5.74) is 1.73. The first-order chi connectivity index (χ1) is 13.2. The molecular formula is C20H20N2O5S. The zero-order chi connectivity index (χ0) is 20.9. The van der Waals surface area contributed by atoms with E-state index in [0.29, 0.717) is 15.5 Å². The topological polar surface area (TPSA) is 93.1 Å². The van der Waals surface area contributed by atoms with Gasteiger partial charge in [0.05, 0.1) is 23.8 Å². The zero-order valence-electron chi connectivity index (χ0n) is 15.7. The van der Waals surface area contributed by atoms with Gasteiger partial charge in [-0.05, 0) is 43.7 Å². The summed E-state index contributed by atoms with van der Waals surface area (Å²) < 4.78 is 30.8. The average Bonchev–Trinajstić information content (AvgIpc) is 2.68. The van der Waals surface area contributed by atoms with Gasteiger partial charge in [-0.25, -0.2) is 4.79 Å². The number of methoxy groups -OCH3 is 1. The van der Waals surface area contributed by atoms with E-state index in [2.05, 4.69) is 16.4 Å². The fourth-order valence-corrected chi connectivity index (χ4v) is 3.36. The van der Waals surface area contributed by atoms with E-state index in [1.165, 1.54) is 44.5 Å². The van der Waals surface area contributed by atoms with Crippen molar-refractivity contribution in [2.24, 2.45) is 5.10 Å². The van der Waals surface area contributed by atoms with Gasteiger partial charge in [0.2, 0.25) is 0 Å². The Labute approximate surface area is 164 Å². The molecule has 28 heavy (non-hydrogen) atoms. The van der Waals surface area contributed by atoms with Crippen molar-refractivity contribution in [3.05, 3.63) is 77.4 Å². The molecule has 0 radical (unpaired) electrons. The summed E-state index contributed by atoms with van der Waals surface area (Å²) in [6, 6.07) is 12.2. The van der Waals surface area contributed by atoms with E-state index in [4.69, 9.17) is 0 Å². The summed E-state index contributed by atoms with van der Waals surface area (Å²) in [4.78, 5) is 23.8. The lowest BCUT2D eigenvalue weighted by Gasteiger charge is -2.17. The van der Waals surface area contributed by atoms with Crippen LogP contribution in [0.25, 0.3) is 0 Å². The van der Waals surface area contributed by atoms with Crippen LogP contribution in [0.1, 0.15) is 28.4 Å². The molecule has 0 saturated carbocycles. The fourth-order valence-electron chi connectivity index (χ4n) is 2.14. The predicted molar refractivity (Wildman–Crippen MR) is 105 cm³/mol. The van der Waals surface area contributed by atoms with Crippen molar-refractivity contribution in [3.8, 4) is 0 Å². The molecule has 2 rings (SSSR count). The highest BCUT2D eigenvalue weighted by atomic mass is 32.2. The molecule has 0 fully saturated rings. The lowest BCUT2D eigenvalue weighted by molar-refractivity contribution is -0.122. The van der Waals surface area contributed by atoms with Crippen molar-refractivity contribution in [3.63, 3.8) is 0 Å². The highest BCUT2D eigenvalue weighted by Gasteiger charge is 2.29. The van der Waals surface area contributed by atoms with Gasteiger partial charge < -0.3 is 4.74 Å². The number of benzene rings is 2. The summed E-state index contributed by atoms with van der Waals surface area (Å²) in [5.74, 6) is -1.34. The van der Waals surface area contributed by atoms with Gasteiger partial charge >= 0.3 is 5.97 Å². The third kappa shape index (κ3) is 4.72. The number of hydrogen-bond acceptors (Lipinski definition) is 6. The van der Waals surface area contributed by atoms with E-state index in [1.807, 2.05) is 6.92 Å². The van der Waals surface area contributed by atoms with Crippen LogP contribution < -0.4 is 0 Å². The van der Waals surface area contributed by atoms with Crippen molar-refractivity contribution < 1.29 is 22.7 Å². The van der Waals surface area contributed by atoms with Crippen LogP contribution in [-0.4, -0.2) is 38.0 Å². The van der Waals surface area contributed by atoms with Crippen molar-refractivity contribution in [1.82, 2.24) is 4.41 Å². The number of aryl methyl sites for hydroxylation is 1. The van der Waals surface area contributed by atoms with Gasteiger partial charge in [-0.15, -0.1) is 4.41 Å². The summed E-state index contributed by atoms with van der Waals surface area (Å²) in [7, 11) is -2.93. The normalized spacial score (nSPS) is 11.2. The molecule has 0 spiro atoms. The number of nitrogens with zero attached hydrogens (tertiary/aromatic N) is 2. The van der Waals surface area contributed by atoms with Gasteiger partial charge in [0.25, 0.3) is 15.9 Å². The van der Waals surface area contributed by atoms with Crippen LogP contribution in [0.2, 0.25) is 0 Å². The molecule has 2 aromatic rings. The first-order valence-corrected chi connectivity index (χ1v) is 9.65. The number of carbonyl (C=O) groups excluding carboxylic acids is 2. The number of sulfonamides is 1. The molecular weight excluding hydrogens is 380 g/mol. The number of hydrazone groups is 1. The summed E-state index contributed by atoms with van der Waals surface area (Å²) in [5, 5.41) is 3.87. The van der Waals surface area contributed by atoms with E-state index < -0.39 is 21.9 Å². The maximum atomic E-state index is 12.9. The van der Waals surface area contributed by atoms with Crippen LogP contribution >= 0.6 is 0 Å². The molecule has 0 N–H and O–H groups in total. The van der Waals surface area contributed by atoms with Gasteiger partial charge in [0.1, 0.15) is 0 Å². The quantitative estimate of drug-likeness (QED) is 0.322. The lowest BCUT2D eigenvalue weighted by atomic mass is 10.1. The summed E-state index contributed by atoms with van der Waals surface area (Å²) in [6.45, 7) is 6.74. The molecule has 0 aliphatic heterocycles. The van der Waals surface area contributed by atoms with E-state index in [0.717, 1.165) is 5.56 Å². The Kier molecular flexibility index (Phi) is 6.48. The number of rotatable bonds is 6. The van der Waals surface area contributed by atoms with Crippen molar-refractivity contribution >= 4 is 28.1 Å². The van der Waals surface area contributed by atoms with Crippen molar-refractivity contribution in [2.75, 3.05) is 7.11 Å². The second kappa shape index (κ2) is 8.62. The Balaban J connectivity index is 2.40. The van der Waals surface area contributed by atoms with Crippen LogP contribution in [0, 0.1) is 6.92 Å². The monoisotopic (exact) mass is 400 g/mol. The highest BCUT2D eigenvalue weighted by molar-refractivity contribution is 7.89. The van der Waals surface area contributed by atoms with Gasteiger partial charge in [-0.2, -0.15) is 13.5 Å². The van der Waals surface area contributed by atoms with Gasteiger partial charge in [0, 0.05) is 5.57 Å². The van der Waals surface area contributed by atoms with Crippen molar-refractivity contribution in [1.29, 1.82) is 0 Å². The van der Waals surface area contributed by atoms with Gasteiger partial charge in [0.15, 0.2) is 0 Å². The molecule has 0 atom stereocenters. The fraction of sp³-hybridized carbons (Fsp3) is 0.150. The maximum absolute atomic E-state index is 12.9. The first kappa shape index (κ1) is 21.0. The maximum Gasteiger partial charge on any atom is 0.337 e. The number of hydrogen-bond donors (Lipinski definition) is 0. The molecule has 0 aliphatic carbocycles. The van der Waals surface area contributed by atoms with Crippen LogP contribution in [0.3, 0.4) is 0 Å². The molecule has 0 aliphatic rings. The Bertz CT molecular complexity index is 1020. The van der Waals surface area contributed by atoms with E-state index >= 15 is 0 Å². The Morgan fingerprint density at radius 1 is 1.07 bits per heavy atom. The predicted octanol–water partition coefficient (Wildman–Crippen LogP) is 2.91. The molecule has 0 bridgehead atoms. The smallest absolute Gasteiger partial charge is 0.337 e. The number of esters is 1. The van der Waals surface area contributed by atoms with E-state index in [-0.39, 0.29) is 10.5 Å². The van der Waals surface area contributed by atoms with Gasteiger partial charge in [-0.3, -0.25) is 4.79 Å². The Hall–Kier alpha value is -3.26. The Morgan fingerprint density at radius 3 is 2.14 bits per heavy atom. The minimum atomic E-state index is -4.21. The summed E-state index contributed by atoms with van der Waals surface area (Å²) >= 11 is 0. The van der Waals surface area contributed by atoms with Crippen molar-refractivity contribution in [2.45, 2.75) is 18.7 Å². The zero-order valence-corrected chi connectivity index (χ0v) is 16.6. The number of amides is 1. The SMILES string of the molecule is C=C(C)C(=O)N(/N=C/c1ccc(C(=O)OC)cc1)S(=O)(=O)c1ccc(C)cc1. The van der Waals surface area contributed by atoms with Gasteiger partial charge in [-0.1, -0.05) is 36.4 Å². The number of carbonyl (C=O) groups is 2. The van der Waals surface area contributed by atoms with E-state index in [9.17, 15) is 18.0 Å². The highest BCUT2D eigenvalue weighted by Crippen LogP contribution is 2.19. The molecule has 0 aromatic heterocycles. The largest absolute Gasteiger partial charge is 0.465 e. The molecule has 7 nitrogen and oxygen atoms in total. The van der Waals surface area contributed by atoms with Crippen LogP contribution in [0.5, 0.6) is 0 Å². The number of ether oxygens (including phenoxy) is 1. The van der Waals surface area contributed by atoms with E-state index in [1.54, 1.807) is 24.3 Å². The molecule has 8 heteroatoms. The standard InChI is InChI=1S/C20H20N2O5S/c1-14(2)19(23)22(28(25,26)18-11-5-15(3)6-12-18)21-13-16-7-9-17(10-8-16)20(24)27-4/h5-13H,1H2,2-4H3/b21-13+. The van der Waals surface area contributed by atoms with Crippen LogP contribution in [0.4, 0.5) is 0 Å². The molecule has 0 unspecified atom stereocenters. The molecule has 146 valence electrons. The second-order valence-electron chi connectivity index (χ2n) is 6.00.